The van der Waals surface area contributed by atoms with Gasteiger partial charge in [-0.1, -0.05) is 39.7 Å². The molecule has 0 unspecified atom stereocenters. The highest BCUT2D eigenvalue weighted by atomic mass is 79.9. The lowest BCUT2D eigenvalue weighted by Crippen LogP contribution is -2.04. The van der Waals surface area contributed by atoms with Crippen LogP contribution in [0.15, 0.2) is 28.7 Å². The van der Waals surface area contributed by atoms with Crippen molar-refractivity contribution in [3.05, 3.63) is 44.7 Å². The van der Waals surface area contributed by atoms with Crippen LogP contribution in [-0.4, -0.2) is 15.2 Å². The van der Waals surface area contributed by atoms with E-state index < -0.39 is 0 Å². The van der Waals surface area contributed by atoms with E-state index in [1.54, 1.807) is 0 Å². The van der Waals surface area contributed by atoms with Crippen LogP contribution in [0.2, 0.25) is 10.4 Å². The summed E-state index contributed by atoms with van der Waals surface area (Å²) in [6.07, 6.45) is 0. The Morgan fingerprint density at radius 3 is 2.82 bits per heavy atom. The van der Waals surface area contributed by atoms with E-state index in [1.165, 1.54) is 0 Å². The second kappa shape index (κ2) is 5.62. The summed E-state index contributed by atoms with van der Waals surface area (Å²) in [7, 11) is 0. The van der Waals surface area contributed by atoms with E-state index >= 15 is 0 Å². The first-order valence-electron chi connectivity index (χ1n) is 4.69. The summed E-state index contributed by atoms with van der Waals surface area (Å²) >= 11 is 14.9. The van der Waals surface area contributed by atoms with Crippen LogP contribution >= 0.6 is 39.1 Å². The molecule has 0 atom stereocenters. The Labute approximate surface area is 117 Å². The van der Waals surface area contributed by atoms with Crippen molar-refractivity contribution >= 4 is 44.9 Å². The smallest absolute Gasteiger partial charge is 0.245 e. The van der Waals surface area contributed by atoms with E-state index in [0.29, 0.717) is 12.4 Å². The number of nitrogens with zero attached hydrogens (tertiary/aromatic N) is 3. The van der Waals surface area contributed by atoms with Gasteiger partial charge in [0.1, 0.15) is 0 Å². The zero-order valence-electron chi connectivity index (χ0n) is 8.49. The summed E-state index contributed by atoms with van der Waals surface area (Å²) < 4.78 is 1.02. The zero-order valence-corrected chi connectivity index (χ0v) is 11.6. The van der Waals surface area contributed by atoms with Crippen LogP contribution < -0.4 is 5.32 Å². The Morgan fingerprint density at radius 1 is 1.24 bits per heavy atom. The molecule has 88 valence electrons. The van der Waals surface area contributed by atoms with Gasteiger partial charge in [-0.05, 0) is 29.3 Å². The van der Waals surface area contributed by atoms with Crippen molar-refractivity contribution in [3.63, 3.8) is 0 Å². The topological polar surface area (TPSA) is 50.7 Å². The largest absolute Gasteiger partial charge is 0.363 e. The molecule has 0 spiro atoms. The summed E-state index contributed by atoms with van der Waals surface area (Å²) in [6.45, 7) is 0.578. The molecule has 0 aliphatic carbocycles. The number of hydrogen-bond donors (Lipinski definition) is 1. The Bertz CT molecular complexity index is 535. The Morgan fingerprint density at radius 2 is 2.06 bits per heavy atom. The zero-order chi connectivity index (χ0) is 12.3. The molecule has 0 saturated carbocycles. The number of hydrogen-bond acceptors (Lipinski definition) is 4. The average molecular weight is 334 g/mol. The molecule has 0 fully saturated rings. The third-order valence-corrected chi connectivity index (χ3v) is 2.88. The first kappa shape index (κ1) is 12.5. The minimum absolute atomic E-state index is 0.0612. The van der Waals surface area contributed by atoms with Crippen molar-refractivity contribution in [2.45, 2.75) is 6.54 Å². The van der Waals surface area contributed by atoms with Gasteiger partial charge in [0.05, 0.1) is 0 Å². The number of aromatic nitrogens is 3. The number of rotatable bonds is 3. The molecule has 1 heterocycles. The quantitative estimate of drug-likeness (QED) is 0.933. The lowest BCUT2D eigenvalue weighted by atomic mass is 10.2. The van der Waals surface area contributed by atoms with Gasteiger partial charge in [0.15, 0.2) is 11.0 Å². The summed E-state index contributed by atoms with van der Waals surface area (Å²) in [5.41, 5.74) is 1.09. The van der Waals surface area contributed by atoms with E-state index in [2.05, 4.69) is 36.4 Å². The molecule has 0 saturated heterocycles. The normalized spacial score (nSPS) is 10.3. The third kappa shape index (κ3) is 3.52. The Hall–Kier alpha value is -0.910. The second-order valence-electron chi connectivity index (χ2n) is 3.20. The number of benzene rings is 1. The Kier molecular flexibility index (Phi) is 4.15. The van der Waals surface area contributed by atoms with Crippen molar-refractivity contribution in [2.24, 2.45) is 0 Å². The van der Waals surface area contributed by atoms with Crippen molar-refractivity contribution in [1.29, 1.82) is 0 Å². The first-order valence-corrected chi connectivity index (χ1v) is 6.24. The number of nitrogens with one attached hydrogen (secondary N) is 1. The van der Waals surface area contributed by atoms with Crippen LogP contribution in [0.5, 0.6) is 0 Å². The first-order chi connectivity index (χ1) is 8.15. The fourth-order valence-corrected chi connectivity index (χ4v) is 1.95. The van der Waals surface area contributed by atoms with Gasteiger partial charge in [-0.25, -0.2) is 0 Å². The highest BCUT2D eigenvalue weighted by molar-refractivity contribution is 9.10. The summed E-state index contributed by atoms with van der Waals surface area (Å²) in [5, 5.41) is 10.5. The van der Waals surface area contributed by atoms with Crippen molar-refractivity contribution < 1.29 is 0 Å². The molecule has 4 nitrogen and oxygen atoms in total. The summed E-state index contributed by atoms with van der Waals surface area (Å²) in [4.78, 5) is 3.95. The molecule has 7 heteroatoms. The lowest BCUT2D eigenvalue weighted by Gasteiger charge is -2.06. The monoisotopic (exact) mass is 332 g/mol. The predicted molar refractivity (Wildman–Crippen MR) is 71.3 cm³/mol. The van der Waals surface area contributed by atoms with Crippen molar-refractivity contribution in [1.82, 2.24) is 15.2 Å². The van der Waals surface area contributed by atoms with E-state index in [-0.39, 0.29) is 10.4 Å². The average Bonchev–Trinajstić information content (AvgIpc) is 2.30. The van der Waals surface area contributed by atoms with E-state index in [9.17, 15) is 0 Å². The maximum atomic E-state index is 5.83. The van der Waals surface area contributed by atoms with E-state index in [4.69, 9.17) is 23.2 Å². The number of halogens is 3. The third-order valence-electron chi connectivity index (χ3n) is 1.97. The molecular formula is C10H7BrCl2N4. The van der Waals surface area contributed by atoms with Crippen LogP contribution in [-0.2, 0) is 6.54 Å². The van der Waals surface area contributed by atoms with Gasteiger partial charge in [-0.15, -0.1) is 10.2 Å². The van der Waals surface area contributed by atoms with Crippen molar-refractivity contribution in [3.8, 4) is 0 Å². The molecule has 0 aliphatic heterocycles. The van der Waals surface area contributed by atoms with Gasteiger partial charge >= 0.3 is 0 Å². The van der Waals surface area contributed by atoms with Crippen LogP contribution in [0.3, 0.4) is 0 Å². The van der Waals surface area contributed by atoms with Gasteiger partial charge < -0.3 is 5.32 Å². The van der Waals surface area contributed by atoms with Gasteiger partial charge in [-0.2, -0.15) is 4.98 Å². The molecule has 1 N–H and O–H groups in total. The standard InChI is InChI=1S/C10H7BrCl2N4/c11-7-3-1-2-6(4-7)5-14-9-8(12)16-17-10(13)15-9/h1-4H,5H2,(H,14,15,17). The molecule has 1 aromatic carbocycles. The molecule has 0 aliphatic rings. The van der Waals surface area contributed by atoms with Gasteiger partial charge in [0.2, 0.25) is 5.28 Å². The Balaban J connectivity index is 2.09. The van der Waals surface area contributed by atoms with Crippen LogP contribution in [0.25, 0.3) is 0 Å². The lowest BCUT2D eigenvalue weighted by molar-refractivity contribution is 0.958. The minimum Gasteiger partial charge on any atom is -0.363 e. The molecule has 0 bridgehead atoms. The van der Waals surface area contributed by atoms with Crippen LogP contribution in [0, 0.1) is 0 Å². The molecule has 1 aromatic heterocycles. The van der Waals surface area contributed by atoms with E-state index in [0.717, 1.165) is 10.0 Å². The molecule has 0 radical (unpaired) electrons. The minimum atomic E-state index is 0.0612. The highest BCUT2D eigenvalue weighted by Crippen LogP contribution is 2.18. The second-order valence-corrected chi connectivity index (χ2v) is 4.82. The molecule has 17 heavy (non-hydrogen) atoms. The fourth-order valence-electron chi connectivity index (χ4n) is 1.24. The van der Waals surface area contributed by atoms with Gasteiger partial charge in [0.25, 0.3) is 0 Å². The molecular weight excluding hydrogens is 327 g/mol. The summed E-state index contributed by atoms with van der Waals surface area (Å²) in [5.74, 6) is 0.423. The van der Waals surface area contributed by atoms with Gasteiger partial charge in [-0.3, -0.25) is 0 Å². The maximum Gasteiger partial charge on any atom is 0.245 e. The van der Waals surface area contributed by atoms with Gasteiger partial charge in [0, 0.05) is 11.0 Å². The van der Waals surface area contributed by atoms with E-state index in [1.807, 2.05) is 24.3 Å². The molecule has 2 aromatic rings. The van der Waals surface area contributed by atoms with Crippen LogP contribution in [0.4, 0.5) is 5.82 Å². The maximum absolute atomic E-state index is 5.83. The molecule has 0 amide bonds. The predicted octanol–water partition coefficient (Wildman–Crippen LogP) is 3.55. The summed E-state index contributed by atoms with van der Waals surface area (Å²) in [6, 6.07) is 7.90. The highest BCUT2D eigenvalue weighted by Gasteiger charge is 2.05. The molecule has 2 rings (SSSR count). The SMILES string of the molecule is Clc1nnc(Cl)c(NCc2cccc(Br)c2)n1. The number of anilines is 1. The fraction of sp³-hybridized carbons (Fsp3) is 0.100. The van der Waals surface area contributed by atoms with Crippen LogP contribution in [0.1, 0.15) is 5.56 Å². The van der Waals surface area contributed by atoms with Crippen molar-refractivity contribution in [2.75, 3.05) is 5.32 Å².